The van der Waals surface area contributed by atoms with Crippen LogP contribution in [-0.2, 0) is 4.79 Å². The van der Waals surface area contributed by atoms with Gasteiger partial charge in [-0.15, -0.1) is 0 Å². The quantitative estimate of drug-likeness (QED) is 0.607. The lowest BCUT2D eigenvalue weighted by Gasteiger charge is -2.27. The van der Waals surface area contributed by atoms with Crippen LogP contribution in [0.25, 0.3) is 0 Å². The summed E-state index contributed by atoms with van der Waals surface area (Å²) in [5.74, 6) is -2.99. The Balaban J connectivity index is 2.05. The minimum absolute atomic E-state index is 0.156. The van der Waals surface area contributed by atoms with E-state index in [4.69, 9.17) is 0 Å². The van der Waals surface area contributed by atoms with Crippen LogP contribution in [0, 0.1) is 15.9 Å². The molecule has 8 heteroatoms. The molecule has 0 saturated carbocycles. The molecule has 26 heavy (non-hydrogen) atoms. The number of amides is 1. The molecule has 0 aromatic heterocycles. The second kappa shape index (κ2) is 6.62. The first kappa shape index (κ1) is 17.7. The second-order valence-corrected chi connectivity index (χ2v) is 5.97. The van der Waals surface area contributed by atoms with E-state index in [0.29, 0.717) is 5.69 Å². The Kier molecular flexibility index (Phi) is 4.50. The highest BCUT2D eigenvalue weighted by atomic mass is 19.1. The molecule has 1 aliphatic heterocycles. The molecule has 0 aliphatic carbocycles. The van der Waals surface area contributed by atoms with E-state index in [1.165, 1.54) is 19.1 Å². The maximum absolute atomic E-state index is 15.9. The zero-order valence-electron chi connectivity index (χ0n) is 13.8. The molecule has 2 aromatic rings. The first-order valence-electron chi connectivity index (χ1n) is 7.85. The summed E-state index contributed by atoms with van der Waals surface area (Å²) < 4.78 is 29.1. The van der Waals surface area contributed by atoms with Gasteiger partial charge >= 0.3 is 0 Å². The molecule has 1 amide bonds. The van der Waals surface area contributed by atoms with E-state index in [1.54, 1.807) is 30.3 Å². The Labute approximate surface area is 147 Å². The van der Waals surface area contributed by atoms with Crippen molar-refractivity contribution in [3.05, 3.63) is 76.1 Å². The summed E-state index contributed by atoms with van der Waals surface area (Å²) in [4.78, 5) is 23.3. The van der Waals surface area contributed by atoms with E-state index in [2.05, 4.69) is 5.10 Å². The molecule has 6 nitrogen and oxygen atoms in total. The van der Waals surface area contributed by atoms with Crippen molar-refractivity contribution in [2.24, 2.45) is 5.10 Å². The minimum Gasteiger partial charge on any atom is -0.268 e. The van der Waals surface area contributed by atoms with E-state index in [1.807, 2.05) is 0 Å². The molecule has 1 aliphatic rings. The van der Waals surface area contributed by atoms with Gasteiger partial charge in [0.25, 0.3) is 5.91 Å². The summed E-state index contributed by atoms with van der Waals surface area (Å²) in [6.07, 6.45) is 0. The van der Waals surface area contributed by atoms with Crippen molar-refractivity contribution in [3.8, 4) is 0 Å². The fourth-order valence-electron chi connectivity index (χ4n) is 3.03. The van der Waals surface area contributed by atoms with Gasteiger partial charge in [0.05, 0.1) is 17.3 Å². The number of anilines is 1. The van der Waals surface area contributed by atoms with Crippen LogP contribution < -0.4 is 5.01 Å². The van der Waals surface area contributed by atoms with Crippen molar-refractivity contribution in [2.75, 3.05) is 11.6 Å². The highest BCUT2D eigenvalue weighted by Gasteiger charge is 2.58. The van der Waals surface area contributed by atoms with Gasteiger partial charge < -0.3 is 0 Å². The molecule has 0 unspecified atom stereocenters. The molecule has 0 saturated heterocycles. The van der Waals surface area contributed by atoms with Crippen LogP contribution in [0.1, 0.15) is 18.4 Å². The minimum atomic E-state index is -2.69. The summed E-state index contributed by atoms with van der Waals surface area (Å²) in [6.45, 7) is 0.487. The van der Waals surface area contributed by atoms with E-state index in [0.717, 1.165) is 17.1 Å². The van der Waals surface area contributed by atoms with Crippen molar-refractivity contribution >= 4 is 17.3 Å². The molecule has 0 bridgehead atoms. The Hall–Kier alpha value is -3.16. The maximum atomic E-state index is 15.9. The average Bonchev–Trinajstić information content (AvgIpc) is 2.86. The van der Waals surface area contributed by atoms with Crippen LogP contribution in [-0.4, -0.2) is 28.8 Å². The third kappa shape index (κ3) is 2.94. The summed E-state index contributed by atoms with van der Waals surface area (Å²) in [7, 11) is 0. The van der Waals surface area contributed by atoms with Crippen molar-refractivity contribution in [1.82, 2.24) is 0 Å². The third-order valence-corrected chi connectivity index (χ3v) is 4.37. The molecule has 1 heterocycles. The smallest absolute Gasteiger partial charge is 0.268 e. The molecule has 0 fully saturated rings. The average molecular weight is 359 g/mol. The first-order chi connectivity index (χ1) is 12.3. The molecule has 2 aromatic carbocycles. The van der Waals surface area contributed by atoms with Crippen molar-refractivity contribution in [1.29, 1.82) is 0 Å². The van der Waals surface area contributed by atoms with Crippen molar-refractivity contribution < 1.29 is 18.5 Å². The largest absolute Gasteiger partial charge is 0.291 e. The van der Waals surface area contributed by atoms with Crippen LogP contribution in [0.15, 0.2) is 59.7 Å². The standard InChI is InChI=1S/C18H15F2N3O3/c1-12-18(20,17(24)23(21-12)15-5-3-2-4-6-15)16(11-22(25)26)13-7-9-14(19)10-8-13/h2-10,16H,11H2,1H3/t16-,18-/m1/s1. The topological polar surface area (TPSA) is 75.8 Å². The van der Waals surface area contributed by atoms with Gasteiger partial charge in [0, 0.05) is 4.92 Å². The molecule has 134 valence electrons. The van der Waals surface area contributed by atoms with E-state index < -0.39 is 34.8 Å². The molecule has 0 N–H and O–H groups in total. The zero-order chi connectivity index (χ0) is 18.9. The fourth-order valence-corrected chi connectivity index (χ4v) is 3.03. The number of benzene rings is 2. The SMILES string of the molecule is CC1=NN(c2ccccc2)C(=O)[C@]1(F)[C@H](C[N+](=O)[O-])c1ccc(F)cc1. The lowest BCUT2D eigenvalue weighted by Crippen LogP contribution is -2.49. The van der Waals surface area contributed by atoms with E-state index >= 15 is 4.39 Å². The van der Waals surface area contributed by atoms with Gasteiger partial charge in [-0.3, -0.25) is 14.9 Å². The lowest BCUT2D eigenvalue weighted by molar-refractivity contribution is -0.485. The van der Waals surface area contributed by atoms with Crippen LogP contribution in [0.2, 0.25) is 0 Å². The van der Waals surface area contributed by atoms with Crippen LogP contribution in [0.4, 0.5) is 14.5 Å². The number of carbonyl (C=O) groups is 1. The maximum Gasteiger partial charge on any atom is 0.291 e. The molecular formula is C18H15F2N3O3. The van der Waals surface area contributed by atoms with Crippen molar-refractivity contribution in [3.63, 3.8) is 0 Å². The molecule has 0 spiro atoms. The van der Waals surface area contributed by atoms with Gasteiger partial charge in [-0.05, 0) is 36.8 Å². The van der Waals surface area contributed by atoms with Gasteiger partial charge in [-0.25, -0.2) is 8.78 Å². The number of hydrazone groups is 1. The number of alkyl halides is 1. The summed E-state index contributed by atoms with van der Waals surface area (Å²) in [5.41, 5.74) is -2.36. The first-order valence-corrected chi connectivity index (χ1v) is 7.85. The highest BCUT2D eigenvalue weighted by molar-refractivity contribution is 6.22. The normalized spacial score (nSPS) is 20.8. The predicted molar refractivity (Wildman–Crippen MR) is 91.9 cm³/mol. The number of carbonyl (C=O) groups excluding carboxylic acids is 1. The van der Waals surface area contributed by atoms with Crippen LogP contribution in [0.5, 0.6) is 0 Å². The molecule has 0 radical (unpaired) electrons. The van der Waals surface area contributed by atoms with Gasteiger partial charge in [-0.1, -0.05) is 30.3 Å². The predicted octanol–water partition coefficient (Wildman–Crippen LogP) is 3.32. The Morgan fingerprint density at radius 1 is 1.19 bits per heavy atom. The lowest BCUT2D eigenvalue weighted by atomic mass is 9.80. The number of nitrogens with zero attached hydrogens (tertiary/aromatic N) is 3. The van der Waals surface area contributed by atoms with Gasteiger partial charge in [-0.2, -0.15) is 10.1 Å². The number of para-hydroxylation sites is 1. The third-order valence-electron chi connectivity index (χ3n) is 4.37. The van der Waals surface area contributed by atoms with Gasteiger partial charge in [0.1, 0.15) is 5.82 Å². The Morgan fingerprint density at radius 2 is 1.81 bits per heavy atom. The fraction of sp³-hybridized carbons (Fsp3) is 0.222. The van der Waals surface area contributed by atoms with Crippen LogP contribution in [0.3, 0.4) is 0 Å². The number of hydrogen-bond acceptors (Lipinski definition) is 4. The highest BCUT2D eigenvalue weighted by Crippen LogP contribution is 2.40. The van der Waals surface area contributed by atoms with Gasteiger partial charge in [0.15, 0.2) is 0 Å². The van der Waals surface area contributed by atoms with Gasteiger partial charge in [0.2, 0.25) is 12.2 Å². The Morgan fingerprint density at radius 3 is 2.38 bits per heavy atom. The summed E-state index contributed by atoms with van der Waals surface area (Å²) in [5, 5.41) is 16.0. The zero-order valence-corrected chi connectivity index (χ0v) is 13.8. The summed E-state index contributed by atoms with van der Waals surface area (Å²) >= 11 is 0. The summed E-state index contributed by atoms with van der Waals surface area (Å²) in [6, 6.07) is 12.9. The van der Waals surface area contributed by atoms with Crippen LogP contribution >= 0.6 is 0 Å². The van der Waals surface area contributed by atoms with Crippen molar-refractivity contribution in [2.45, 2.75) is 18.5 Å². The van der Waals surface area contributed by atoms with E-state index in [9.17, 15) is 19.3 Å². The molecule has 3 rings (SSSR count). The number of nitro groups is 1. The Bertz CT molecular complexity index is 871. The number of halogens is 2. The second-order valence-electron chi connectivity index (χ2n) is 5.97. The molecular weight excluding hydrogens is 344 g/mol. The molecule has 2 atom stereocenters. The van der Waals surface area contributed by atoms with E-state index in [-0.39, 0.29) is 11.3 Å². The number of rotatable bonds is 5. The monoisotopic (exact) mass is 359 g/mol. The number of hydrogen-bond donors (Lipinski definition) is 0.